The second-order valence-electron chi connectivity index (χ2n) is 3.27. The molecule has 2 rings (SSSR count). The summed E-state index contributed by atoms with van der Waals surface area (Å²) in [7, 11) is 0. The summed E-state index contributed by atoms with van der Waals surface area (Å²) in [6.45, 7) is 0.500. The van der Waals surface area contributed by atoms with E-state index in [1.54, 1.807) is 0 Å². The van der Waals surface area contributed by atoms with Crippen molar-refractivity contribution < 1.29 is 4.79 Å². The van der Waals surface area contributed by atoms with E-state index in [2.05, 4.69) is 5.32 Å². The van der Waals surface area contributed by atoms with Crippen molar-refractivity contribution in [2.75, 3.05) is 6.54 Å². The van der Waals surface area contributed by atoms with E-state index in [1.165, 1.54) is 0 Å². The van der Waals surface area contributed by atoms with Crippen LogP contribution in [0, 0.1) is 0 Å². The molecule has 0 aromatic heterocycles. The van der Waals surface area contributed by atoms with Crippen LogP contribution in [0.3, 0.4) is 0 Å². The molecule has 3 nitrogen and oxygen atoms in total. The number of nitrogens with two attached hydrogens (primary N) is 1. The van der Waals surface area contributed by atoms with Crippen molar-refractivity contribution in [3.8, 4) is 0 Å². The molecule has 68 valence electrons. The molecule has 0 fully saturated rings. The van der Waals surface area contributed by atoms with Crippen molar-refractivity contribution in [3.63, 3.8) is 0 Å². The molecule has 3 heteroatoms. The van der Waals surface area contributed by atoms with E-state index in [0.717, 1.165) is 17.5 Å². The van der Waals surface area contributed by atoms with Crippen molar-refractivity contribution in [3.05, 3.63) is 35.4 Å². The minimum absolute atomic E-state index is 0.00250. The van der Waals surface area contributed by atoms with Gasteiger partial charge in [-0.2, -0.15) is 0 Å². The highest BCUT2D eigenvalue weighted by Crippen LogP contribution is 2.15. The fraction of sp³-hybridized carbons (Fsp3) is 0.300. The maximum absolute atomic E-state index is 11.5. The summed E-state index contributed by atoms with van der Waals surface area (Å²) in [5.74, 6) is -0.00250. The van der Waals surface area contributed by atoms with E-state index in [1.807, 2.05) is 24.3 Å². The molecule has 0 unspecified atom stereocenters. The molecule has 3 N–H and O–H groups in total. The zero-order chi connectivity index (χ0) is 9.26. The second kappa shape index (κ2) is 3.18. The summed E-state index contributed by atoms with van der Waals surface area (Å²) in [5.41, 5.74) is 7.39. The molecule has 0 saturated carbocycles. The van der Waals surface area contributed by atoms with Crippen LogP contribution in [-0.2, 0) is 6.42 Å². The van der Waals surface area contributed by atoms with Crippen molar-refractivity contribution in [2.24, 2.45) is 5.73 Å². The van der Waals surface area contributed by atoms with Crippen molar-refractivity contribution in [2.45, 2.75) is 12.5 Å². The van der Waals surface area contributed by atoms with Gasteiger partial charge in [0.1, 0.15) is 0 Å². The first-order valence-corrected chi connectivity index (χ1v) is 4.40. The smallest absolute Gasteiger partial charge is 0.251 e. The number of hydrogen-bond donors (Lipinski definition) is 2. The molecule has 1 aromatic rings. The quantitative estimate of drug-likeness (QED) is 0.646. The second-order valence-corrected chi connectivity index (χ2v) is 3.27. The molecule has 1 aromatic carbocycles. The molecule has 1 amide bonds. The van der Waals surface area contributed by atoms with Gasteiger partial charge < -0.3 is 11.1 Å². The van der Waals surface area contributed by atoms with E-state index in [-0.39, 0.29) is 11.9 Å². The fourth-order valence-corrected chi connectivity index (χ4v) is 1.64. The number of carbonyl (C=O) groups is 1. The number of benzene rings is 1. The first-order valence-electron chi connectivity index (χ1n) is 4.40. The summed E-state index contributed by atoms with van der Waals surface area (Å²) in [6, 6.07) is 7.75. The van der Waals surface area contributed by atoms with Gasteiger partial charge in [0, 0.05) is 18.2 Å². The Labute approximate surface area is 76.9 Å². The molecule has 0 spiro atoms. The Kier molecular flexibility index (Phi) is 2.02. The molecule has 0 saturated heterocycles. The number of carbonyl (C=O) groups excluding carboxylic acids is 1. The van der Waals surface area contributed by atoms with Crippen LogP contribution in [0.2, 0.25) is 0 Å². The van der Waals surface area contributed by atoms with Crippen LogP contribution in [-0.4, -0.2) is 18.5 Å². The van der Waals surface area contributed by atoms with Crippen LogP contribution < -0.4 is 11.1 Å². The third-order valence-corrected chi connectivity index (χ3v) is 2.35. The van der Waals surface area contributed by atoms with E-state index < -0.39 is 0 Å². The lowest BCUT2D eigenvalue weighted by Crippen LogP contribution is -2.45. The molecule has 1 aliphatic heterocycles. The van der Waals surface area contributed by atoms with Gasteiger partial charge in [0.15, 0.2) is 0 Å². The number of fused-ring (bicyclic) bond motifs is 1. The highest BCUT2D eigenvalue weighted by molar-refractivity contribution is 5.96. The Balaban J connectivity index is 2.37. The predicted molar refractivity (Wildman–Crippen MR) is 50.5 cm³/mol. The maximum atomic E-state index is 11.5. The molecule has 1 heterocycles. The largest absolute Gasteiger partial charge is 0.348 e. The van der Waals surface area contributed by atoms with Crippen molar-refractivity contribution >= 4 is 5.91 Å². The van der Waals surface area contributed by atoms with Crippen LogP contribution in [0.5, 0.6) is 0 Å². The van der Waals surface area contributed by atoms with Crippen LogP contribution in [0.15, 0.2) is 24.3 Å². The van der Waals surface area contributed by atoms with Gasteiger partial charge in [-0.1, -0.05) is 18.2 Å². The highest BCUT2D eigenvalue weighted by atomic mass is 16.1. The number of nitrogens with one attached hydrogen (secondary N) is 1. The van der Waals surface area contributed by atoms with E-state index in [0.29, 0.717) is 6.54 Å². The first kappa shape index (κ1) is 8.26. The summed E-state index contributed by atoms with van der Waals surface area (Å²) in [5, 5.41) is 2.86. The zero-order valence-corrected chi connectivity index (χ0v) is 7.29. The topological polar surface area (TPSA) is 55.1 Å². The Morgan fingerprint density at radius 1 is 1.46 bits per heavy atom. The summed E-state index contributed by atoms with van der Waals surface area (Å²) in [6.07, 6.45) is 0.846. The zero-order valence-electron chi connectivity index (χ0n) is 7.29. The van der Waals surface area contributed by atoms with Crippen LogP contribution >= 0.6 is 0 Å². The number of hydrogen-bond acceptors (Lipinski definition) is 2. The van der Waals surface area contributed by atoms with Crippen LogP contribution in [0.4, 0.5) is 0 Å². The van der Waals surface area contributed by atoms with Gasteiger partial charge in [0.05, 0.1) is 0 Å². The summed E-state index contributed by atoms with van der Waals surface area (Å²) < 4.78 is 0. The summed E-state index contributed by atoms with van der Waals surface area (Å²) in [4.78, 5) is 11.5. The Morgan fingerprint density at radius 2 is 2.23 bits per heavy atom. The third-order valence-electron chi connectivity index (χ3n) is 2.35. The number of amides is 1. The average Bonchev–Trinajstić information content (AvgIpc) is 2.18. The van der Waals surface area contributed by atoms with Gasteiger partial charge in [0.2, 0.25) is 0 Å². The minimum Gasteiger partial charge on any atom is -0.348 e. The minimum atomic E-state index is -0.00250. The van der Waals surface area contributed by atoms with Gasteiger partial charge in [0.25, 0.3) is 5.91 Å². The standard InChI is InChI=1S/C10H12N2O/c11-6-8-5-7-3-1-2-4-9(7)10(13)12-8/h1-4,8H,5-6,11H2,(H,12,13)/t8-/m0/s1. The van der Waals surface area contributed by atoms with Gasteiger partial charge in [-0.15, -0.1) is 0 Å². The van der Waals surface area contributed by atoms with E-state index >= 15 is 0 Å². The van der Waals surface area contributed by atoms with E-state index in [4.69, 9.17) is 5.73 Å². The monoisotopic (exact) mass is 176 g/mol. The molecule has 13 heavy (non-hydrogen) atoms. The summed E-state index contributed by atoms with van der Waals surface area (Å²) >= 11 is 0. The Bertz CT molecular complexity index is 335. The molecule has 0 bridgehead atoms. The Hall–Kier alpha value is -1.35. The highest BCUT2D eigenvalue weighted by Gasteiger charge is 2.21. The number of rotatable bonds is 1. The van der Waals surface area contributed by atoms with Crippen LogP contribution in [0.1, 0.15) is 15.9 Å². The molecule has 1 aliphatic rings. The predicted octanol–water partition coefficient (Wildman–Crippen LogP) is 0.300. The molecule has 0 aliphatic carbocycles. The van der Waals surface area contributed by atoms with Crippen molar-refractivity contribution in [1.29, 1.82) is 0 Å². The van der Waals surface area contributed by atoms with Gasteiger partial charge in [-0.3, -0.25) is 4.79 Å². The van der Waals surface area contributed by atoms with Gasteiger partial charge in [-0.25, -0.2) is 0 Å². The SMILES string of the molecule is NC[C@@H]1Cc2ccccc2C(=O)N1. The molecular formula is C10H12N2O. The lowest BCUT2D eigenvalue weighted by molar-refractivity contribution is 0.0927. The van der Waals surface area contributed by atoms with Gasteiger partial charge >= 0.3 is 0 Å². The molecule has 0 radical (unpaired) electrons. The fourth-order valence-electron chi connectivity index (χ4n) is 1.64. The van der Waals surface area contributed by atoms with Crippen molar-refractivity contribution in [1.82, 2.24) is 5.32 Å². The van der Waals surface area contributed by atoms with E-state index in [9.17, 15) is 4.79 Å². The normalized spacial score (nSPS) is 20.7. The van der Waals surface area contributed by atoms with Gasteiger partial charge in [-0.05, 0) is 18.1 Å². The average molecular weight is 176 g/mol. The maximum Gasteiger partial charge on any atom is 0.251 e. The van der Waals surface area contributed by atoms with Crippen LogP contribution in [0.25, 0.3) is 0 Å². The molecular weight excluding hydrogens is 164 g/mol. The molecule has 1 atom stereocenters. The lowest BCUT2D eigenvalue weighted by atomic mass is 9.95. The third kappa shape index (κ3) is 1.42. The Morgan fingerprint density at radius 3 is 3.00 bits per heavy atom. The first-order chi connectivity index (χ1) is 6.31. The lowest BCUT2D eigenvalue weighted by Gasteiger charge is -2.24.